The average molecular weight is 629 g/mol. The van der Waals surface area contributed by atoms with Gasteiger partial charge in [0.25, 0.3) is 0 Å². The smallest absolute Gasteiger partial charge is 0.337 e. The minimum absolute atomic E-state index is 0.173. The lowest BCUT2D eigenvalue weighted by Crippen LogP contribution is -2.45. The summed E-state index contributed by atoms with van der Waals surface area (Å²) in [7, 11) is 0. The highest BCUT2D eigenvalue weighted by molar-refractivity contribution is 5.80. The van der Waals surface area contributed by atoms with Crippen LogP contribution >= 0.6 is 0 Å². The number of para-hydroxylation sites is 1. The van der Waals surface area contributed by atoms with Gasteiger partial charge in [-0.05, 0) is 78.2 Å². The van der Waals surface area contributed by atoms with Gasteiger partial charge >= 0.3 is 5.97 Å². The Labute approximate surface area is 268 Å². The van der Waals surface area contributed by atoms with Gasteiger partial charge in [0.05, 0.1) is 29.1 Å². The zero-order valence-electron chi connectivity index (χ0n) is 27.2. The summed E-state index contributed by atoms with van der Waals surface area (Å²) in [6, 6.07) is 14.5. The number of hydrogen-bond acceptors (Lipinski definition) is 7. The molecule has 2 aromatic carbocycles. The van der Waals surface area contributed by atoms with Gasteiger partial charge in [-0.2, -0.15) is 9.61 Å². The van der Waals surface area contributed by atoms with Crippen molar-refractivity contribution in [3.63, 3.8) is 0 Å². The van der Waals surface area contributed by atoms with Crippen LogP contribution in [-0.4, -0.2) is 62.7 Å². The number of hydrogen-bond donors (Lipinski definition) is 1. The van der Waals surface area contributed by atoms with Crippen LogP contribution in [0.5, 0.6) is 5.75 Å². The summed E-state index contributed by atoms with van der Waals surface area (Å²) in [6.07, 6.45) is 3.57. The molecule has 0 saturated carbocycles. The van der Waals surface area contributed by atoms with Crippen LogP contribution in [0.15, 0.2) is 60.7 Å². The third-order valence-electron chi connectivity index (χ3n) is 8.56. The van der Waals surface area contributed by atoms with Crippen LogP contribution < -0.4 is 9.64 Å². The summed E-state index contributed by atoms with van der Waals surface area (Å²) in [5, 5.41) is 15.5. The van der Waals surface area contributed by atoms with Crippen molar-refractivity contribution in [1.29, 1.82) is 0 Å². The fraction of sp³-hybridized carbons (Fsp3) is 0.417. The summed E-state index contributed by atoms with van der Waals surface area (Å²) in [4.78, 5) is 19.8. The molecule has 10 heteroatoms. The van der Waals surface area contributed by atoms with Gasteiger partial charge in [-0.25, -0.2) is 14.2 Å². The number of rotatable bonds is 3. The lowest BCUT2D eigenvalue weighted by molar-refractivity contribution is -0.160. The second-order valence-electron chi connectivity index (χ2n) is 13.4. The molecule has 4 aromatic rings. The van der Waals surface area contributed by atoms with Crippen LogP contribution in [0.25, 0.3) is 28.0 Å². The van der Waals surface area contributed by atoms with Gasteiger partial charge in [-0.3, -0.25) is 0 Å². The van der Waals surface area contributed by atoms with Gasteiger partial charge < -0.3 is 24.2 Å². The summed E-state index contributed by atoms with van der Waals surface area (Å²) in [6.45, 7) is 12.9. The molecule has 2 aromatic heterocycles. The zero-order valence-corrected chi connectivity index (χ0v) is 27.2. The molecule has 0 amide bonds. The monoisotopic (exact) mass is 628 g/mol. The van der Waals surface area contributed by atoms with Crippen LogP contribution in [0.2, 0.25) is 0 Å². The van der Waals surface area contributed by atoms with Gasteiger partial charge in [0.1, 0.15) is 11.9 Å². The molecule has 0 spiro atoms. The van der Waals surface area contributed by atoms with Crippen molar-refractivity contribution in [2.45, 2.75) is 77.8 Å². The van der Waals surface area contributed by atoms with E-state index in [-0.39, 0.29) is 11.9 Å². The molecule has 1 N–H and O–H groups in total. The maximum Gasteiger partial charge on any atom is 0.337 e. The number of halogens is 1. The van der Waals surface area contributed by atoms with E-state index in [0.29, 0.717) is 66.5 Å². The SMILES string of the molecule is Cc1nc2cc3nn2c(c1[C@H](OC(C)(C)C)C(=O)O)N1CCC(C)(CC1)OC/C=C/[C@H](C)Oc1c(F)cccc1-c1cccc-3c1. The normalized spacial score (nSPS) is 21.6. The van der Waals surface area contributed by atoms with Gasteiger partial charge in [0.15, 0.2) is 23.3 Å². The van der Waals surface area contributed by atoms with E-state index < -0.39 is 29.1 Å². The maximum atomic E-state index is 15.2. The predicted molar refractivity (Wildman–Crippen MR) is 175 cm³/mol. The molecule has 0 unspecified atom stereocenters. The molecule has 1 fully saturated rings. The highest BCUT2D eigenvalue weighted by atomic mass is 19.1. The number of aliphatic carboxylic acids is 1. The maximum absolute atomic E-state index is 15.2. The summed E-state index contributed by atoms with van der Waals surface area (Å²) < 4.78 is 35.6. The quantitative estimate of drug-likeness (QED) is 0.239. The molecule has 1 saturated heterocycles. The molecule has 46 heavy (non-hydrogen) atoms. The second kappa shape index (κ2) is 12.1. The Bertz CT molecular complexity index is 1800. The number of carbonyl (C=O) groups is 1. The molecule has 3 aliphatic heterocycles. The van der Waals surface area contributed by atoms with Crippen molar-refractivity contribution in [2.75, 3.05) is 24.6 Å². The number of fused-ring (bicyclic) bond motifs is 6. The summed E-state index contributed by atoms with van der Waals surface area (Å²) >= 11 is 0. The van der Waals surface area contributed by atoms with Crippen LogP contribution in [0.3, 0.4) is 0 Å². The molecule has 5 heterocycles. The highest BCUT2D eigenvalue weighted by Gasteiger charge is 2.37. The number of aromatic nitrogens is 3. The fourth-order valence-corrected chi connectivity index (χ4v) is 6.21. The Morgan fingerprint density at radius 1 is 1.13 bits per heavy atom. The van der Waals surface area contributed by atoms with Crippen molar-refractivity contribution < 1.29 is 28.5 Å². The van der Waals surface area contributed by atoms with E-state index >= 15 is 4.39 Å². The standard InChI is InChI=1S/C36H41FN4O5/c1-22-10-9-19-44-36(6)15-17-40(18-16-36)33-30(32(34(42)43)46-35(3,4)5)23(2)38-29-21-28(39-41(29)33)25-12-7-11-24(20-25)26-13-8-14-27(37)31(26)45-22/h7-14,20-22,32H,15-19H2,1-6H3,(H,42,43)/b10-9+/t22-,32-/m0/s1. The minimum Gasteiger partial charge on any atom is -0.483 e. The Balaban J connectivity index is 1.57. The van der Waals surface area contributed by atoms with Crippen LogP contribution in [-0.2, 0) is 14.3 Å². The molecule has 242 valence electrons. The first kappa shape index (κ1) is 31.7. The second-order valence-corrected chi connectivity index (χ2v) is 13.4. The number of nitrogens with zero attached hydrogens (tertiary/aromatic N) is 4. The Hall–Kier alpha value is -4.28. The van der Waals surface area contributed by atoms with Crippen LogP contribution in [0.4, 0.5) is 10.2 Å². The highest BCUT2D eigenvalue weighted by Crippen LogP contribution is 2.39. The third-order valence-corrected chi connectivity index (χ3v) is 8.56. The number of carboxylic acids is 1. The predicted octanol–water partition coefficient (Wildman–Crippen LogP) is 7.16. The molecule has 0 aliphatic carbocycles. The first-order valence-corrected chi connectivity index (χ1v) is 15.7. The molecular weight excluding hydrogens is 587 g/mol. The largest absolute Gasteiger partial charge is 0.483 e. The van der Waals surface area contributed by atoms with E-state index in [9.17, 15) is 9.90 Å². The van der Waals surface area contributed by atoms with Crippen molar-refractivity contribution >= 4 is 17.4 Å². The van der Waals surface area contributed by atoms with E-state index in [1.54, 1.807) is 10.6 Å². The van der Waals surface area contributed by atoms with E-state index in [0.717, 1.165) is 11.1 Å². The van der Waals surface area contributed by atoms with Crippen molar-refractivity contribution in [3.05, 3.63) is 77.8 Å². The third kappa shape index (κ3) is 6.37. The molecule has 9 nitrogen and oxygen atoms in total. The number of aryl methyl sites for hydroxylation is 1. The van der Waals surface area contributed by atoms with Crippen LogP contribution in [0.1, 0.15) is 64.8 Å². The Morgan fingerprint density at radius 2 is 1.85 bits per heavy atom. The molecule has 3 aliphatic rings. The first-order valence-electron chi connectivity index (χ1n) is 15.7. The van der Waals surface area contributed by atoms with E-state index in [2.05, 4.69) is 11.8 Å². The minimum atomic E-state index is -1.26. The van der Waals surface area contributed by atoms with Gasteiger partial charge in [-0.1, -0.05) is 36.4 Å². The van der Waals surface area contributed by atoms with Gasteiger partial charge in [-0.15, -0.1) is 0 Å². The number of anilines is 1. The van der Waals surface area contributed by atoms with Gasteiger partial charge in [0.2, 0.25) is 0 Å². The van der Waals surface area contributed by atoms with Gasteiger partial charge in [0, 0.05) is 36.0 Å². The van der Waals surface area contributed by atoms with E-state index in [1.807, 2.05) is 83.2 Å². The lowest BCUT2D eigenvalue weighted by Gasteiger charge is -2.41. The van der Waals surface area contributed by atoms with Crippen molar-refractivity contribution in [3.8, 4) is 28.1 Å². The van der Waals surface area contributed by atoms with E-state index in [4.69, 9.17) is 24.3 Å². The number of carboxylic acid groups (broad SMARTS) is 1. The van der Waals surface area contributed by atoms with Crippen LogP contribution in [0, 0.1) is 12.7 Å². The first-order chi connectivity index (χ1) is 21.8. The number of benzene rings is 2. The molecule has 0 radical (unpaired) electrons. The fourth-order valence-electron chi connectivity index (χ4n) is 6.21. The van der Waals surface area contributed by atoms with Crippen molar-refractivity contribution in [2.24, 2.45) is 0 Å². The summed E-state index contributed by atoms with van der Waals surface area (Å²) in [5.74, 6) is -0.716. The Kier molecular flexibility index (Phi) is 8.37. The van der Waals surface area contributed by atoms with E-state index in [1.165, 1.54) is 6.07 Å². The topological polar surface area (TPSA) is 98.4 Å². The molecule has 2 atom stereocenters. The molecule has 6 bridgehead atoms. The number of ether oxygens (including phenoxy) is 3. The summed E-state index contributed by atoms with van der Waals surface area (Å²) in [5.41, 5.74) is 3.35. The molecular formula is C36H41FN4O5. The lowest BCUT2D eigenvalue weighted by atomic mass is 9.92. The molecule has 7 rings (SSSR count). The zero-order chi connectivity index (χ0) is 32.8. The number of piperidine rings is 1. The van der Waals surface area contributed by atoms with Crippen molar-refractivity contribution in [1.82, 2.24) is 14.6 Å². The average Bonchev–Trinajstić information content (AvgIpc) is 3.42. The Morgan fingerprint density at radius 3 is 2.57 bits per heavy atom.